The van der Waals surface area contributed by atoms with Crippen LogP contribution >= 0.6 is 0 Å². The van der Waals surface area contributed by atoms with Crippen LogP contribution in [0.2, 0.25) is 0 Å². The minimum absolute atomic E-state index is 0.107. The predicted molar refractivity (Wildman–Crippen MR) is 97.0 cm³/mol. The van der Waals surface area contributed by atoms with Crippen molar-refractivity contribution in [2.24, 2.45) is 11.8 Å². The number of fused-ring (bicyclic) bond motifs is 1. The number of sulfonamides is 1. The summed E-state index contributed by atoms with van der Waals surface area (Å²) >= 11 is 0. The Kier molecular flexibility index (Phi) is 4.15. The lowest BCUT2D eigenvalue weighted by Crippen LogP contribution is -2.39. The van der Waals surface area contributed by atoms with Gasteiger partial charge in [0.15, 0.2) is 0 Å². The van der Waals surface area contributed by atoms with E-state index in [-0.39, 0.29) is 17.9 Å². The molecule has 2 heterocycles. The van der Waals surface area contributed by atoms with Gasteiger partial charge in [-0.2, -0.15) is 4.31 Å². The van der Waals surface area contributed by atoms with Crippen molar-refractivity contribution in [3.8, 4) is 0 Å². The summed E-state index contributed by atoms with van der Waals surface area (Å²) in [7, 11) is -3.45. The zero-order valence-electron chi connectivity index (χ0n) is 14.9. The van der Waals surface area contributed by atoms with Crippen LogP contribution in [0.25, 0.3) is 0 Å². The first-order valence-electron chi connectivity index (χ1n) is 9.34. The molecule has 6 heteroatoms. The van der Waals surface area contributed by atoms with Gasteiger partial charge in [-0.3, -0.25) is 4.79 Å². The molecule has 2 fully saturated rings. The van der Waals surface area contributed by atoms with E-state index in [1.165, 1.54) is 0 Å². The van der Waals surface area contributed by atoms with Gasteiger partial charge in [0.1, 0.15) is 0 Å². The highest BCUT2D eigenvalue weighted by molar-refractivity contribution is 7.89. The molecule has 1 saturated heterocycles. The van der Waals surface area contributed by atoms with Crippen LogP contribution in [0, 0.1) is 11.8 Å². The largest absolute Gasteiger partial charge is 0.309 e. The third-order valence-corrected chi connectivity index (χ3v) is 7.55. The molecule has 0 spiro atoms. The van der Waals surface area contributed by atoms with E-state index in [0.29, 0.717) is 23.9 Å². The fourth-order valence-electron chi connectivity index (χ4n) is 4.14. The first kappa shape index (κ1) is 17.0. The van der Waals surface area contributed by atoms with Gasteiger partial charge in [0.2, 0.25) is 15.9 Å². The van der Waals surface area contributed by atoms with E-state index in [1.807, 2.05) is 17.9 Å². The molecule has 2 atom stereocenters. The number of hydrogen-bond donors (Lipinski definition) is 0. The van der Waals surface area contributed by atoms with Crippen molar-refractivity contribution >= 4 is 21.6 Å². The number of anilines is 1. The molecule has 0 aromatic heterocycles. The van der Waals surface area contributed by atoms with Crippen molar-refractivity contribution in [2.75, 3.05) is 18.0 Å². The number of carbonyl (C=O) groups excluding carboxylic acids is 1. The van der Waals surface area contributed by atoms with Gasteiger partial charge in [-0.15, -0.1) is 0 Å². The minimum Gasteiger partial charge on any atom is -0.309 e. The van der Waals surface area contributed by atoms with Gasteiger partial charge in [-0.1, -0.05) is 6.92 Å². The van der Waals surface area contributed by atoms with Crippen molar-refractivity contribution < 1.29 is 13.2 Å². The highest BCUT2D eigenvalue weighted by atomic mass is 32.2. The molecule has 2 unspecified atom stereocenters. The van der Waals surface area contributed by atoms with E-state index in [2.05, 4.69) is 6.92 Å². The van der Waals surface area contributed by atoms with Gasteiger partial charge in [-0.25, -0.2) is 8.42 Å². The number of nitrogens with zero attached hydrogens (tertiary/aromatic N) is 2. The van der Waals surface area contributed by atoms with Gasteiger partial charge in [0, 0.05) is 30.7 Å². The van der Waals surface area contributed by atoms with E-state index in [1.54, 1.807) is 16.4 Å². The Morgan fingerprint density at radius 1 is 1.16 bits per heavy atom. The van der Waals surface area contributed by atoms with Crippen LogP contribution in [0.15, 0.2) is 23.1 Å². The number of carbonyl (C=O) groups is 1. The standard InChI is InChI=1S/C19H26N2O3S/c1-13-4-3-9-20(12-13)25(23,24)17-7-8-18-16(11-17)10-14(2)21(18)19(22)15-5-6-15/h7-8,11,13-15H,3-6,9-10,12H2,1-2H3. The highest BCUT2D eigenvalue weighted by Gasteiger charge is 2.40. The molecule has 1 saturated carbocycles. The van der Waals surface area contributed by atoms with Gasteiger partial charge in [-0.05, 0) is 68.7 Å². The molecule has 1 aromatic carbocycles. The third-order valence-electron chi connectivity index (χ3n) is 5.69. The first-order valence-corrected chi connectivity index (χ1v) is 10.8. The lowest BCUT2D eigenvalue weighted by Gasteiger charge is -2.30. The van der Waals surface area contributed by atoms with Gasteiger partial charge < -0.3 is 4.90 Å². The Bertz CT molecular complexity index is 801. The molecule has 136 valence electrons. The molecule has 1 aliphatic carbocycles. The third kappa shape index (κ3) is 2.99. The number of hydrogen-bond acceptors (Lipinski definition) is 3. The SMILES string of the molecule is CC1CCCN(S(=O)(=O)c2ccc3c(c2)CC(C)N3C(=O)C2CC2)C1. The van der Waals surface area contributed by atoms with E-state index >= 15 is 0 Å². The monoisotopic (exact) mass is 362 g/mol. The van der Waals surface area contributed by atoms with Crippen molar-refractivity contribution in [1.29, 1.82) is 0 Å². The van der Waals surface area contributed by atoms with Crippen LogP contribution in [-0.4, -0.2) is 37.8 Å². The van der Waals surface area contributed by atoms with E-state index in [9.17, 15) is 13.2 Å². The Morgan fingerprint density at radius 2 is 1.92 bits per heavy atom. The molecule has 0 bridgehead atoms. The second-order valence-electron chi connectivity index (χ2n) is 7.94. The number of benzene rings is 1. The first-order chi connectivity index (χ1) is 11.9. The second-order valence-corrected chi connectivity index (χ2v) is 9.87. The van der Waals surface area contributed by atoms with Crippen LogP contribution in [-0.2, 0) is 21.2 Å². The normalized spacial score (nSPS) is 27.4. The van der Waals surface area contributed by atoms with E-state index < -0.39 is 10.0 Å². The molecule has 4 rings (SSSR count). The lowest BCUT2D eigenvalue weighted by molar-refractivity contribution is -0.120. The van der Waals surface area contributed by atoms with Gasteiger partial charge >= 0.3 is 0 Å². The van der Waals surface area contributed by atoms with Crippen molar-refractivity contribution in [1.82, 2.24) is 4.31 Å². The Balaban J connectivity index is 1.63. The summed E-state index contributed by atoms with van der Waals surface area (Å²) in [6, 6.07) is 5.41. The van der Waals surface area contributed by atoms with Crippen LogP contribution in [0.3, 0.4) is 0 Å². The molecule has 3 aliphatic rings. The molecule has 5 nitrogen and oxygen atoms in total. The zero-order chi connectivity index (χ0) is 17.8. The summed E-state index contributed by atoms with van der Waals surface area (Å²) in [5.74, 6) is 0.781. The molecular weight excluding hydrogens is 336 g/mol. The quantitative estimate of drug-likeness (QED) is 0.831. The summed E-state index contributed by atoms with van der Waals surface area (Å²) in [5, 5.41) is 0. The minimum atomic E-state index is -3.45. The van der Waals surface area contributed by atoms with Gasteiger partial charge in [0.25, 0.3) is 0 Å². The second kappa shape index (κ2) is 6.09. The Labute approximate surface area is 150 Å². The van der Waals surface area contributed by atoms with Crippen molar-refractivity contribution in [3.05, 3.63) is 23.8 Å². The predicted octanol–water partition coefficient (Wildman–Crippen LogP) is 2.79. The summed E-state index contributed by atoms with van der Waals surface area (Å²) in [6.45, 7) is 5.35. The maximum atomic E-state index is 13.0. The van der Waals surface area contributed by atoms with Crippen molar-refractivity contribution in [3.63, 3.8) is 0 Å². The average molecular weight is 362 g/mol. The fourth-order valence-corrected chi connectivity index (χ4v) is 5.79. The van der Waals surface area contributed by atoms with Crippen LogP contribution in [0.1, 0.15) is 45.1 Å². The fraction of sp³-hybridized carbons (Fsp3) is 0.632. The highest BCUT2D eigenvalue weighted by Crippen LogP contribution is 2.40. The molecule has 25 heavy (non-hydrogen) atoms. The maximum absolute atomic E-state index is 13.0. The number of piperidine rings is 1. The average Bonchev–Trinajstić information content (AvgIpc) is 3.36. The lowest BCUT2D eigenvalue weighted by atomic mass is 10.0. The summed E-state index contributed by atoms with van der Waals surface area (Å²) in [6.07, 6.45) is 4.71. The molecular formula is C19H26N2O3S. The van der Waals surface area contributed by atoms with Gasteiger partial charge in [0.05, 0.1) is 4.90 Å². The smallest absolute Gasteiger partial charge is 0.243 e. The molecule has 2 aliphatic heterocycles. The van der Waals surface area contributed by atoms with E-state index in [4.69, 9.17) is 0 Å². The maximum Gasteiger partial charge on any atom is 0.243 e. The van der Waals surface area contributed by atoms with E-state index in [0.717, 1.165) is 43.4 Å². The molecule has 1 amide bonds. The molecule has 1 aromatic rings. The van der Waals surface area contributed by atoms with Crippen molar-refractivity contribution in [2.45, 2.75) is 56.9 Å². The number of amides is 1. The molecule has 0 radical (unpaired) electrons. The zero-order valence-corrected chi connectivity index (χ0v) is 15.8. The summed E-state index contributed by atoms with van der Waals surface area (Å²) in [5.41, 5.74) is 1.88. The van der Waals surface area contributed by atoms with Crippen LogP contribution < -0.4 is 4.90 Å². The van der Waals surface area contributed by atoms with Crippen LogP contribution in [0.5, 0.6) is 0 Å². The molecule has 0 N–H and O–H groups in total. The Morgan fingerprint density at radius 3 is 2.60 bits per heavy atom. The number of rotatable bonds is 3. The Hall–Kier alpha value is -1.40. The summed E-state index contributed by atoms with van der Waals surface area (Å²) in [4.78, 5) is 14.8. The topological polar surface area (TPSA) is 57.7 Å². The summed E-state index contributed by atoms with van der Waals surface area (Å²) < 4.78 is 27.6. The van der Waals surface area contributed by atoms with Crippen LogP contribution in [0.4, 0.5) is 5.69 Å².